The van der Waals surface area contributed by atoms with E-state index in [0.29, 0.717) is 12.1 Å². The summed E-state index contributed by atoms with van der Waals surface area (Å²) >= 11 is 0. The van der Waals surface area contributed by atoms with Gasteiger partial charge in [0.15, 0.2) is 0 Å². The van der Waals surface area contributed by atoms with Crippen LogP contribution in [0.3, 0.4) is 0 Å². The van der Waals surface area contributed by atoms with E-state index in [-0.39, 0.29) is 6.10 Å². The first-order valence-electron chi connectivity index (χ1n) is 9.23. The van der Waals surface area contributed by atoms with Gasteiger partial charge in [0.2, 0.25) is 0 Å². The first-order valence-corrected chi connectivity index (χ1v) is 9.23. The number of rotatable bonds is 6. The highest BCUT2D eigenvalue weighted by Gasteiger charge is 2.32. The maximum Gasteiger partial charge on any atom is 0.0695 e. The van der Waals surface area contributed by atoms with Gasteiger partial charge in [-0.15, -0.1) is 0 Å². The molecule has 3 heteroatoms. The van der Waals surface area contributed by atoms with Crippen LogP contribution in [-0.2, 0) is 0 Å². The zero-order valence-electron chi connectivity index (χ0n) is 14.4. The molecule has 0 bridgehead atoms. The average molecular weight is 296 g/mol. The lowest BCUT2D eigenvalue weighted by molar-refractivity contribution is 0.0178. The predicted octanol–water partition coefficient (Wildman–Crippen LogP) is 3.03. The second kappa shape index (κ2) is 8.50. The van der Waals surface area contributed by atoms with E-state index in [0.717, 1.165) is 31.3 Å². The molecule has 21 heavy (non-hydrogen) atoms. The molecule has 2 fully saturated rings. The van der Waals surface area contributed by atoms with Gasteiger partial charge < -0.3 is 15.3 Å². The third-order valence-corrected chi connectivity index (χ3v) is 5.68. The fourth-order valence-corrected chi connectivity index (χ4v) is 4.41. The highest BCUT2D eigenvalue weighted by Crippen LogP contribution is 2.31. The molecule has 124 valence electrons. The van der Waals surface area contributed by atoms with E-state index in [2.05, 4.69) is 31.1 Å². The molecule has 0 aromatic heterocycles. The van der Waals surface area contributed by atoms with Crippen LogP contribution in [0.1, 0.15) is 65.2 Å². The van der Waals surface area contributed by atoms with Crippen molar-refractivity contribution in [3.8, 4) is 0 Å². The Labute approximate surface area is 131 Å². The van der Waals surface area contributed by atoms with E-state index in [9.17, 15) is 5.11 Å². The second-order valence-corrected chi connectivity index (χ2v) is 7.60. The number of likely N-dealkylation sites (N-methyl/N-ethyl adjacent to an activating group) is 1. The van der Waals surface area contributed by atoms with Crippen LogP contribution in [-0.4, -0.2) is 48.3 Å². The van der Waals surface area contributed by atoms with Crippen molar-refractivity contribution in [2.45, 2.75) is 83.4 Å². The molecule has 5 atom stereocenters. The predicted molar refractivity (Wildman–Crippen MR) is 89.5 cm³/mol. The number of hydrogen-bond acceptors (Lipinski definition) is 3. The normalized spacial score (nSPS) is 37.9. The zero-order valence-corrected chi connectivity index (χ0v) is 14.4. The molecule has 2 N–H and O–H groups in total. The molecule has 2 rings (SSSR count). The van der Waals surface area contributed by atoms with Crippen LogP contribution in [0.5, 0.6) is 0 Å². The average Bonchev–Trinajstić information content (AvgIpc) is 2.47. The summed E-state index contributed by atoms with van der Waals surface area (Å²) in [6.07, 6.45) is 9.80. The van der Waals surface area contributed by atoms with E-state index < -0.39 is 0 Å². The van der Waals surface area contributed by atoms with Crippen LogP contribution in [0.25, 0.3) is 0 Å². The zero-order chi connectivity index (χ0) is 15.2. The van der Waals surface area contributed by atoms with Gasteiger partial charge in [-0.05, 0) is 64.0 Å². The van der Waals surface area contributed by atoms with Crippen molar-refractivity contribution in [2.24, 2.45) is 11.8 Å². The Morgan fingerprint density at radius 3 is 2.62 bits per heavy atom. The SMILES string of the molecule is CCCNC1CCC(C)CC1CN(C)C1CCCCC1O. The highest BCUT2D eigenvalue weighted by molar-refractivity contribution is 4.88. The molecule has 5 unspecified atom stereocenters. The fraction of sp³-hybridized carbons (Fsp3) is 1.00. The maximum absolute atomic E-state index is 10.3. The van der Waals surface area contributed by atoms with Gasteiger partial charge in [0.25, 0.3) is 0 Å². The number of hydrogen-bond donors (Lipinski definition) is 2. The van der Waals surface area contributed by atoms with Crippen LogP contribution in [0.2, 0.25) is 0 Å². The van der Waals surface area contributed by atoms with Gasteiger partial charge in [-0.3, -0.25) is 0 Å². The Kier molecular flexibility index (Phi) is 6.97. The van der Waals surface area contributed by atoms with Crippen LogP contribution < -0.4 is 5.32 Å². The number of aliphatic hydroxyl groups excluding tert-OH is 1. The van der Waals surface area contributed by atoms with Crippen molar-refractivity contribution in [1.82, 2.24) is 10.2 Å². The minimum Gasteiger partial charge on any atom is -0.391 e. The quantitative estimate of drug-likeness (QED) is 0.791. The van der Waals surface area contributed by atoms with Crippen molar-refractivity contribution < 1.29 is 5.11 Å². The van der Waals surface area contributed by atoms with Crippen LogP contribution in [0, 0.1) is 11.8 Å². The molecule has 0 radical (unpaired) electrons. The lowest BCUT2D eigenvalue weighted by Crippen LogP contribution is -2.50. The molecule has 0 aliphatic heterocycles. The van der Waals surface area contributed by atoms with E-state index in [1.165, 1.54) is 44.9 Å². The molecule has 2 aliphatic carbocycles. The van der Waals surface area contributed by atoms with Gasteiger partial charge >= 0.3 is 0 Å². The number of nitrogens with zero attached hydrogens (tertiary/aromatic N) is 1. The van der Waals surface area contributed by atoms with Gasteiger partial charge in [0.05, 0.1) is 6.10 Å². The van der Waals surface area contributed by atoms with Crippen LogP contribution in [0.4, 0.5) is 0 Å². The van der Waals surface area contributed by atoms with Crippen molar-refractivity contribution in [1.29, 1.82) is 0 Å². The second-order valence-electron chi connectivity index (χ2n) is 7.60. The summed E-state index contributed by atoms with van der Waals surface area (Å²) < 4.78 is 0. The first-order chi connectivity index (χ1) is 10.1. The molecule has 2 saturated carbocycles. The van der Waals surface area contributed by atoms with Gasteiger partial charge in [-0.25, -0.2) is 0 Å². The smallest absolute Gasteiger partial charge is 0.0695 e. The molecular weight excluding hydrogens is 260 g/mol. The molecular formula is C18H36N2O. The van der Waals surface area contributed by atoms with E-state index in [1.807, 2.05) is 0 Å². The molecule has 0 spiro atoms. The molecule has 0 saturated heterocycles. The summed E-state index contributed by atoms with van der Waals surface area (Å²) in [4.78, 5) is 2.47. The summed E-state index contributed by atoms with van der Waals surface area (Å²) in [5.74, 6) is 1.61. The van der Waals surface area contributed by atoms with Crippen molar-refractivity contribution >= 4 is 0 Å². The Hall–Kier alpha value is -0.120. The third-order valence-electron chi connectivity index (χ3n) is 5.68. The first kappa shape index (κ1) is 17.2. The highest BCUT2D eigenvalue weighted by atomic mass is 16.3. The molecule has 0 aromatic carbocycles. The molecule has 2 aliphatic rings. The summed E-state index contributed by atoms with van der Waals surface area (Å²) in [6.45, 7) is 6.94. The Balaban J connectivity index is 1.89. The third kappa shape index (κ3) is 4.94. The summed E-state index contributed by atoms with van der Waals surface area (Å²) in [5, 5.41) is 14.0. The van der Waals surface area contributed by atoms with E-state index in [1.54, 1.807) is 0 Å². The van der Waals surface area contributed by atoms with E-state index >= 15 is 0 Å². The lowest BCUT2D eigenvalue weighted by Gasteiger charge is -2.41. The molecule has 3 nitrogen and oxygen atoms in total. The van der Waals surface area contributed by atoms with Crippen LogP contribution in [0.15, 0.2) is 0 Å². The summed E-state index contributed by atoms with van der Waals surface area (Å²) in [5.41, 5.74) is 0. The Morgan fingerprint density at radius 1 is 1.14 bits per heavy atom. The molecule has 0 heterocycles. The largest absolute Gasteiger partial charge is 0.391 e. The maximum atomic E-state index is 10.3. The minimum atomic E-state index is -0.105. The lowest BCUT2D eigenvalue weighted by atomic mass is 9.78. The van der Waals surface area contributed by atoms with Crippen LogP contribution >= 0.6 is 0 Å². The summed E-state index contributed by atoms with van der Waals surface area (Å²) in [7, 11) is 2.23. The van der Waals surface area contributed by atoms with Gasteiger partial charge in [0, 0.05) is 18.6 Å². The Bertz CT molecular complexity index is 295. The number of aliphatic hydroxyl groups is 1. The van der Waals surface area contributed by atoms with Crippen molar-refractivity contribution in [3.05, 3.63) is 0 Å². The minimum absolute atomic E-state index is 0.105. The summed E-state index contributed by atoms with van der Waals surface area (Å²) in [6, 6.07) is 1.08. The van der Waals surface area contributed by atoms with Gasteiger partial charge in [-0.2, -0.15) is 0 Å². The Morgan fingerprint density at radius 2 is 1.90 bits per heavy atom. The molecule has 0 amide bonds. The number of nitrogens with one attached hydrogen (secondary N) is 1. The van der Waals surface area contributed by atoms with Crippen molar-refractivity contribution in [2.75, 3.05) is 20.1 Å². The molecule has 0 aromatic rings. The van der Waals surface area contributed by atoms with Crippen molar-refractivity contribution in [3.63, 3.8) is 0 Å². The van der Waals surface area contributed by atoms with Gasteiger partial charge in [0.1, 0.15) is 0 Å². The standard InChI is InChI=1S/C18H36N2O/c1-4-11-19-16-10-9-14(2)12-15(16)13-20(3)17-7-5-6-8-18(17)21/h14-19,21H,4-13H2,1-3H3. The topological polar surface area (TPSA) is 35.5 Å². The fourth-order valence-electron chi connectivity index (χ4n) is 4.41. The van der Waals surface area contributed by atoms with Gasteiger partial charge in [-0.1, -0.05) is 26.7 Å². The monoisotopic (exact) mass is 296 g/mol. The van der Waals surface area contributed by atoms with E-state index in [4.69, 9.17) is 0 Å².